The SMILES string of the molecule is CCC(CC)NC(=O)C1CC2CCC1N2. The lowest BCUT2D eigenvalue weighted by Gasteiger charge is -2.22. The highest BCUT2D eigenvalue weighted by Crippen LogP contribution is 2.33. The Labute approximate surface area is 92.0 Å². The Kier molecular flexibility index (Phi) is 3.29. The molecule has 0 aromatic heterocycles. The summed E-state index contributed by atoms with van der Waals surface area (Å²) in [6.07, 6.45) is 5.58. The van der Waals surface area contributed by atoms with Crippen molar-refractivity contribution in [3.05, 3.63) is 0 Å². The second-order valence-corrected chi connectivity index (χ2v) is 4.91. The lowest BCUT2D eigenvalue weighted by Crippen LogP contribution is -2.42. The molecule has 0 spiro atoms. The summed E-state index contributed by atoms with van der Waals surface area (Å²) >= 11 is 0. The zero-order valence-corrected chi connectivity index (χ0v) is 9.75. The van der Waals surface area contributed by atoms with Crippen LogP contribution in [0.1, 0.15) is 46.0 Å². The maximum atomic E-state index is 12.0. The van der Waals surface area contributed by atoms with Crippen LogP contribution >= 0.6 is 0 Å². The van der Waals surface area contributed by atoms with Crippen molar-refractivity contribution in [1.82, 2.24) is 10.6 Å². The third-order valence-corrected chi connectivity index (χ3v) is 3.97. The number of amides is 1. The van der Waals surface area contributed by atoms with Crippen LogP contribution in [-0.2, 0) is 4.79 Å². The monoisotopic (exact) mass is 210 g/mol. The molecule has 2 rings (SSSR count). The van der Waals surface area contributed by atoms with Gasteiger partial charge in [-0.15, -0.1) is 0 Å². The molecular formula is C12H22N2O. The topological polar surface area (TPSA) is 41.1 Å². The second kappa shape index (κ2) is 4.52. The predicted molar refractivity (Wildman–Crippen MR) is 60.6 cm³/mol. The van der Waals surface area contributed by atoms with E-state index in [4.69, 9.17) is 0 Å². The summed E-state index contributed by atoms with van der Waals surface area (Å²) in [6, 6.07) is 1.45. The van der Waals surface area contributed by atoms with Crippen molar-refractivity contribution in [3.63, 3.8) is 0 Å². The van der Waals surface area contributed by atoms with Gasteiger partial charge in [0.2, 0.25) is 5.91 Å². The molecule has 0 radical (unpaired) electrons. The zero-order valence-electron chi connectivity index (χ0n) is 9.75. The van der Waals surface area contributed by atoms with Crippen LogP contribution in [0.4, 0.5) is 0 Å². The normalized spacial score (nSPS) is 33.7. The van der Waals surface area contributed by atoms with Crippen molar-refractivity contribution in [1.29, 1.82) is 0 Å². The summed E-state index contributed by atoms with van der Waals surface area (Å²) in [5, 5.41) is 6.67. The standard InChI is InChI=1S/C12H22N2O/c1-3-8(4-2)14-12(15)10-7-9-5-6-11(10)13-9/h8-11,13H,3-7H2,1-2H3,(H,14,15). The fraction of sp³-hybridized carbons (Fsp3) is 0.917. The van der Waals surface area contributed by atoms with E-state index in [2.05, 4.69) is 24.5 Å². The fourth-order valence-electron chi connectivity index (χ4n) is 2.91. The summed E-state index contributed by atoms with van der Waals surface area (Å²) in [5.41, 5.74) is 0. The number of hydrogen-bond acceptors (Lipinski definition) is 2. The molecule has 0 aliphatic carbocycles. The van der Waals surface area contributed by atoms with Gasteiger partial charge in [-0.05, 0) is 32.1 Å². The lowest BCUT2D eigenvalue weighted by atomic mass is 9.88. The van der Waals surface area contributed by atoms with E-state index in [0.29, 0.717) is 18.1 Å². The Morgan fingerprint density at radius 1 is 1.40 bits per heavy atom. The van der Waals surface area contributed by atoms with E-state index in [0.717, 1.165) is 19.3 Å². The summed E-state index contributed by atoms with van der Waals surface area (Å²) in [6.45, 7) is 4.26. The van der Waals surface area contributed by atoms with Gasteiger partial charge in [0.05, 0.1) is 5.92 Å². The van der Waals surface area contributed by atoms with Gasteiger partial charge in [-0.25, -0.2) is 0 Å². The highest BCUT2D eigenvalue weighted by molar-refractivity contribution is 5.80. The summed E-state index contributed by atoms with van der Waals surface area (Å²) in [5.74, 6) is 0.521. The van der Waals surface area contributed by atoms with Gasteiger partial charge in [0.15, 0.2) is 0 Å². The molecule has 2 aliphatic heterocycles. The third-order valence-electron chi connectivity index (χ3n) is 3.97. The molecule has 3 unspecified atom stereocenters. The highest BCUT2D eigenvalue weighted by atomic mass is 16.2. The van der Waals surface area contributed by atoms with Gasteiger partial charge in [-0.2, -0.15) is 0 Å². The van der Waals surface area contributed by atoms with Gasteiger partial charge in [0.25, 0.3) is 0 Å². The van der Waals surface area contributed by atoms with Crippen LogP contribution in [0.3, 0.4) is 0 Å². The maximum Gasteiger partial charge on any atom is 0.224 e. The summed E-state index contributed by atoms with van der Waals surface area (Å²) in [7, 11) is 0. The number of nitrogens with one attached hydrogen (secondary N) is 2. The smallest absolute Gasteiger partial charge is 0.224 e. The van der Waals surface area contributed by atoms with E-state index < -0.39 is 0 Å². The molecule has 0 aromatic carbocycles. The average molecular weight is 210 g/mol. The zero-order chi connectivity index (χ0) is 10.8. The minimum Gasteiger partial charge on any atom is -0.353 e. The Balaban J connectivity index is 1.86. The molecule has 3 heteroatoms. The molecule has 0 aromatic rings. The van der Waals surface area contributed by atoms with Crippen LogP contribution in [0.25, 0.3) is 0 Å². The van der Waals surface area contributed by atoms with Crippen LogP contribution in [-0.4, -0.2) is 24.0 Å². The Morgan fingerprint density at radius 3 is 2.60 bits per heavy atom. The molecule has 2 aliphatic rings. The van der Waals surface area contributed by atoms with Gasteiger partial charge < -0.3 is 10.6 Å². The van der Waals surface area contributed by atoms with E-state index in [9.17, 15) is 4.79 Å². The molecule has 2 heterocycles. The first kappa shape index (κ1) is 10.9. The van der Waals surface area contributed by atoms with Gasteiger partial charge in [0, 0.05) is 18.1 Å². The minimum atomic E-state index is 0.240. The largest absolute Gasteiger partial charge is 0.353 e. The first-order chi connectivity index (χ1) is 7.24. The lowest BCUT2D eigenvalue weighted by molar-refractivity contribution is -0.126. The number of carbonyl (C=O) groups excluding carboxylic acids is 1. The molecule has 2 fully saturated rings. The first-order valence-electron chi connectivity index (χ1n) is 6.31. The molecule has 15 heavy (non-hydrogen) atoms. The molecule has 1 amide bonds. The molecule has 2 bridgehead atoms. The van der Waals surface area contributed by atoms with Crippen LogP contribution in [0.5, 0.6) is 0 Å². The number of carbonyl (C=O) groups is 1. The highest BCUT2D eigenvalue weighted by Gasteiger charge is 2.42. The van der Waals surface area contributed by atoms with E-state index in [1.54, 1.807) is 0 Å². The molecule has 0 saturated carbocycles. The molecule has 3 atom stereocenters. The molecule has 2 N–H and O–H groups in total. The predicted octanol–water partition coefficient (Wildman–Crippen LogP) is 1.43. The minimum absolute atomic E-state index is 0.240. The van der Waals surface area contributed by atoms with Crippen molar-refractivity contribution in [2.45, 2.75) is 64.1 Å². The number of hydrogen-bond donors (Lipinski definition) is 2. The Hall–Kier alpha value is -0.570. The summed E-state index contributed by atoms with van der Waals surface area (Å²) < 4.78 is 0. The van der Waals surface area contributed by atoms with Crippen LogP contribution in [0.15, 0.2) is 0 Å². The van der Waals surface area contributed by atoms with Crippen LogP contribution in [0, 0.1) is 5.92 Å². The van der Waals surface area contributed by atoms with Crippen molar-refractivity contribution in [2.24, 2.45) is 5.92 Å². The quantitative estimate of drug-likeness (QED) is 0.737. The van der Waals surface area contributed by atoms with Crippen molar-refractivity contribution < 1.29 is 4.79 Å². The molecular weight excluding hydrogens is 188 g/mol. The average Bonchev–Trinajstić information content (AvgIpc) is 2.87. The Morgan fingerprint density at radius 2 is 2.13 bits per heavy atom. The van der Waals surface area contributed by atoms with Gasteiger partial charge in [-0.3, -0.25) is 4.79 Å². The maximum absolute atomic E-state index is 12.0. The third kappa shape index (κ3) is 2.17. The van der Waals surface area contributed by atoms with E-state index in [-0.39, 0.29) is 11.8 Å². The van der Waals surface area contributed by atoms with Crippen molar-refractivity contribution in [2.75, 3.05) is 0 Å². The van der Waals surface area contributed by atoms with Crippen molar-refractivity contribution >= 4 is 5.91 Å². The molecule has 86 valence electrons. The van der Waals surface area contributed by atoms with Gasteiger partial charge in [-0.1, -0.05) is 13.8 Å². The van der Waals surface area contributed by atoms with Gasteiger partial charge in [0.1, 0.15) is 0 Å². The van der Waals surface area contributed by atoms with Gasteiger partial charge >= 0.3 is 0 Å². The Bertz CT molecular complexity index is 238. The molecule has 2 saturated heterocycles. The second-order valence-electron chi connectivity index (χ2n) is 4.91. The van der Waals surface area contributed by atoms with Crippen molar-refractivity contribution in [3.8, 4) is 0 Å². The number of fused-ring (bicyclic) bond motifs is 2. The van der Waals surface area contributed by atoms with Crippen LogP contribution < -0.4 is 10.6 Å². The first-order valence-corrected chi connectivity index (χ1v) is 6.31. The fourth-order valence-corrected chi connectivity index (χ4v) is 2.91. The van der Waals surface area contributed by atoms with E-state index >= 15 is 0 Å². The van der Waals surface area contributed by atoms with E-state index in [1.165, 1.54) is 12.8 Å². The number of rotatable bonds is 4. The summed E-state index contributed by atoms with van der Waals surface area (Å²) in [4.78, 5) is 12.0. The van der Waals surface area contributed by atoms with E-state index in [1.807, 2.05) is 0 Å². The molecule has 3 nitrogen and oxygen atoms in total. The van der Waals surface area contributed by atoms with Crippen LogP contribution in [0.2, 0.25) is 0 Å².